The molecule has 0 saturated carbocycles. The number of piperidine rings is 1. The van der Waals surface area contributed by atoms with Crippen molar-refractivity contribution in [3.8, 4) is 11.1 Å². The first-order chi connectivity index (χ1) is 14.8. The third kappa shape index (κ3) is 5.49. The van der Waals surface area contributed by atoms with E-state index in [1.807, 2.05) is 12.1 Å². The first-order valence-corrected chi connectivity index (χ1v) is 10.9. The van der Waals surface area contributed by atoms with Crippen LogP contribution < -0.4 is 4.90 Å². The van der Waals surface area contributed by atoms with Crippen molar-refractivity contribution in [2.75, 3.05) is 32.1 Å². The molecule has 3 aromatic rings. The van der Waals surface area contributed by atoms with Crippen molar-refractivity contribution in [3.63, 3.8) is 0 Å². The van der Waals surface area contributed by atoms with E-state index in [0.717, 1.165) is 39.7 Å². The summed E-state index contributed by atoms with van der Waals surface area (Å²) in [5.74, 6) is -2.62. The summed E-state index contributed by atoms with van der Waals surface area (Å²) in [6.45, 7) is 2.27. The van der Waals surface area contributed by atoms with Gasteiger partial charge in [-0.1, -0.05) is 23.7 Å². The first kappa shape index (κ1) is 22.9. The fraction of sp³-hybridized carbons (Fsp3) is 0.333. The van der Waals surface area contributed by atoms with Crippen molar-refractivity contribution < 1.29 is 19.8 Å². The molecule has 10 heteroatoms. The van der Waals surface area contributed by atoms with E-state index in [2.05, 4.69) is 51.4 Å². The molecule has 0 spiro atoms. The summed E-state index contributed by atoms with van der Waals surface area (Å²) in [5, 5.41) is 18.9. The van der Waals surface area contributed by atoms with Crippen LogP contribution >= 0.6 is 22.9 Å². The Hall–Kier alpha value is -2.75. The van der Waals surface area contributed by atoms with Crippen molar-refractivity contribution in [2.24, 2.45) is 0 Å². The molecule has 164 valence electrons. The van der Waals surface area contributed by atoms with Crippen molar-refractivity contribution in [1.82, 2.24) is 14.9 Å². The van der Waals surface area contributed by atoms with Crippen molar-refractivity contribution in [1.29, 1.82) is 0 Å². The number of nitrogens with zero attached hydrogens (tertiary/aromatic N) is 4. The van der Waals surface area contributed by atoms with Gasteiger partial charge in [0.25, 0.3) is 0 Å². The normalized spacial score (nSPS) is 14.7. The lowest BCUT2D eigenvalue weighted by molar-refractivity contribution is -0.159. The number of likely N-dealkylation sites (tertiary alicyclic amines) is 1. The van der Waals surface area contributed by atoms with Crippen LogP contribution in [0.5, 0.6) is 0 Å². The Morgan fingerprint density at radius 3 is 2.32 bits per heavy atom. The molecule has 3 heterocycles. The fourth-order valence-corrected chi connectivity index (χ4v) is 4.56. The Labute approximate surface area is 188 Å². The number of carboxylic acid groups (broad SMARTS) is 2. The SMILES string of the molecule is CN1CCC(N(C)c2ncnc3scc(-c4ccc(Cl)cc4)c23)CC1.O=C(O)C(=O)O. The van der Waals surface area contributed by atoms with Crippen LogP contribution in [0.4, 0.5) is 5.82 Å². The molecular formula is C21H23ClN4O4S. The van der Waals surface area contributed by atoms with Gasteiger partial charge >= 0.3 is 11.9 Å². The van der Waals surface area contributed by atoms with E-state index in [0.29, 0.717) is 6.04 Å². The molecule has 1 aromatic carbocycles. The highest BCUT2D eigenvalue weighted by atomic mass is 35.5. The lowest BCUT2D eigenvalue weighted by Gasteiger charge is -2.36. The van der Waals surface area contributed by atoms with Gasteiger partial charge in [-0.2, -0.15) is 0 Å². The summed E-state index contributed by atoms with van der Waals surface area (Å²) in [6.07, 6.45) is 4.02. The summed E-state index contributed by atoms with van der Waals surface area (Å²) >= 11 is 7.72. The van der Waals surface area contributed by atoms with Gasteiger partial charge in [-0.05, 0) is 50.7 Å². The summed E-state index contributed by atoms with van der Waals surface area (Å²) in [4.78, 5) is 33.1. The molecule has 8 nitrogen and oxygen atoms in total. The lowest BCUT2D eigenvalue weighted by Crippen LogP contribution is -2.42. The Bertz CT molecular complexity index is 1050. The van der Waals surface area contributed by atoms with E-state index in [4.69, 9.17) is 31.4 Å². The van der Waals surface area contributed by atoms with Crippen LogP contribution in [0.2, 0.25) is 5.02 Å². The molecule has 2 N–H and O–H groups in total. The van der Waals surface area contributed by atoms with Crippen molar-refractivity contribution in [3.05, 3.63) is 41.0 Å². The molecule has 1 aliphatic heterocycles. The smallest absolute Gasteiger partial charge is 0.414 e. The number of aliphatic carboxylic acids is 2. The van der Waals surface area contributed by atoms with Crippen LogP contribution in [0.3, 0.4) is 0 Å². The number of benzene rings is 1. The van der Waals surface area contributed by atoms with Gasteiger partial charge in [0.05, 0.1) is 5.39 Å². The molecule has 4 rings (SSSR count). The number of thiophene rings is 1. The second-order valence-corrected chi connectivity index (χ2v) is 8.58. The summed E-state index contributed by atoms with van der Waals surface area (Å²) < 4.78 is 0. The van der Waals surface area contributed by atoms with Gasteiger partial charge in [-0.3, -0.25) is 0 Å². The minimum Gasteiger partial charge on any atom is -0.473 e. The highest BCUT2D eigenvalue weighted by Crippen LogP contribution is 2.38. The van der Waals surface area contributed by atoms with E-state index in [9.17, 15) is 0 Å². The lowest BCUT2D eigenvalue weighted by atomic mass is 10.0. The van der Waals surface area contributed by atoms with Gasteiger partial charge in [-0.15, -0.1) is 11.3 Å². The van der Waals surface area contributed by atoms with E-state index in [1.54, 1.807) is 17.7 Å². The maximum atomic E-state index is 9.10. The Morgan fingerprint density at radius 2 is 1.74 bits per heavy atom. The average Bonchev–Trinajstić information content (AvgIpc) is 3.19. The number of carbonyl (C=O) groups is 2. The monoisotopic (exact) mass is 462 g/mol. The quantitative estimate of drug-likeness (QED) is 0.567. The van der Waals surface area contributed by atoms with Gasteiger partial charge in [0.15, 0.2) is 0 Å². The molecule has 1 aliphatic rings. The topological polar surface area (TPSA) is 107 Å². The minimum absolute atomic E-state index is 0.521. The molecule has 0 bridgehead atoms. The van der Waals surface area contributed by atoms with E-state index >= 15 is 0 Å². The van der Waals surface area contributed by atoms with Gasteiger partial charge in [0.2, 0.25) is 0 Å². The number of hydrogen-bond acceptors (Lipinski definition) is 7. The number of aromatic nitrogens is 2. The fourth-order valence-electron chi connectivity index (χ4n) is 3.52. The zero-order valence-electron chi connectivity index (χ0n) is 17.2. The van der Waals surface area contributed by atoms with Gasteiger partial charge in [-0.25, -0.2) is 19.6 Å². The van der Waals surface area contributed by atoms with E-state index in [-0.39, 0.29) is 0 Å². The molecule has 0 amide bonds. The Morgan fingerprint density at radius 1 is 1.13 bits per heavy atom. The Kier molecular flexibility index (Phi) is 7.42. The number of carboxylic acids is 2. The minimum atomic E-state index is -1.82. The molecule has 1 saturated heterocycles. The molecule has 31 heavy (non-hydrogen) atoms. The molecule has 1 fully saturated rings. The molecule has 0 atom stereocenters. The van der Waals surface area contributed by atoms with Crippen LogP contribution in [-0.2, 0) is 9.59 Å². The van der Waals surface area contributed by atoms with E-state index in [1.165, 1.54) is 18.4 Å². The highest BCUT2D eigenvalue weighted by Gasteiger charge is 2.24. The first-order valence-electron chi connectivity index (χ1n) is 9.63. The van der Waals surface area contributed by atoms with Gasteiger partial charge in [0, 0.05) is 29.1 Å². The molecule has 0 unspecified atom stereocenters. The standard InChI is InChI=1S/C19H21ClN4S.C2H2O4/c1-23-9-7-15(8-10-23)24(2)18-17-16(11-25-19(17)22-12-21-18)13-3-5-14(20)6-4-13;3-1(4)2(5)6/h3-6,11-12,15H,7-10H2,1-2H3;(H,3,4)(H,5,6). The maximum Gasteiger partial charge on any atom is 0.414 e. The predicted molar refractivity (Wildman–Crippen MR) is 122 cm³/mol. The van der Waals surface area contributed by atoms with Crippen LogP contribution in [0.15, 0.2) is 36.0 Å². The van der Waals surface area contributed by atoms with E-state index < -0.39 is 11.9 Å². The second-order valence-electron chi connectivity index (χ2n) is 7.29. The van der Waals surface area contributed by atoms with Crippen LogP contribution in [0, 0.1) is 0 Å². The maximum absolute atomic E-state index is 9.10. The third-order valence-corrected chi connectivity index (χ3v) is 6.40. The molecule has 2 aromatic heterocycles. The van der Waals surface area contributed by atoms with Crippen LogP contribution in [0.25, 0.3) is 21.3 Å². The molecule has 0 aliphatic carbocycles. The largest absolute Gasteiger partial charge is 0.473 e. The zero-order chi connectivity index (χ0) is 22.5. The number of fused-ring (bicyclic) bond motifs is 1. The zero-order valence-corrected chi connectivity index (χ0v) is 18.7. The molecule has 0 radical (unpaired) electrons. The van der Waals surface area contributed by atoms with Crippen LogP contribution in [0.1, 0.15) is 12.8 Å². The van der Waals surface area contributed by atoms with Crippen LogP contribution in [-0.4, -0.2) is 70.2 Å². The summed E-state index contributed by atoms with van der Waals surface area (Å²) in [7, 11) is 4.36. The van der Waals surface area contributed by atoms with Crippen molar-refractivity contribution >= 4 is 50.9 Å². The molecular weight excluding hydrogens is 440 g/mol. The number of rotatable bonds is 3. The number of anilines is 1. The summed E-state index contributed by atoms with van der Waals surface area (Å²) in [6, 6.07) is 8.52. The van der Waals surface area contributed by atoms with Gasteiger partial charge in [0.1, 0.15) is 17.0 Å². The predicted octanol–water partition coefficient (Wildman–Crippen LogP) is 3.70. The summed E-state index contributed by atoms with van der Waals surface area (Å²) in [5.41, 5.74) is 2.34. The highest BCUT2D eigenvalue weighted by molar-refractivity contribution is 7.17. The Balaban J connectivity index is 0.000000401. The van der Waals surface area contributed by atoms with Gasteiger partial charge < -0.3 is 20.0 Å². The second kappa shape index (κ2) is 10.0. The number of halogens is 1. The number of hydrogen-bond donors (Lipinski definition) is 2. The average molecular weight is 463 g/mol. The van der Waals surface area contributed by atoms with Crippen molar-refractivity contribution in [2.45, 2.75) is 18.9 Å². The third-order valence-electron chi connectivity index (χ3n) is 5.26.